The fraction of sp³-hybridized carbons (Fsp3) is 0.429. The second kappa shape index (κ2) is 6.47. The van der Waals surface area contributed by atoms with E-state index in [1.165, 1.54) is 0 Å². The summed E-state index contributed by atoms with van der Waals surface area (Å²) in [5.74, 6) is 0.929. The zero-order valence-electron chi connectivity index (χ0n) is 11.8. The van der Waals surface area contributed by atoms with E-state index in [0.717, 1.165) is 15.6 Å². The summed E-state index contributed by atoms with van der Waals surface area (Å²) in [6.07, 6.45) is 0.125. The first-order valence-corrected chi connectivity index (χ1v) is 7.24. The van der Waals surface area contributed by atoms with Crippen molar-refractivity contribution in [1.29, 1.82) is 0 Å². The molecule has 1 aromatic heterocycles. The van der Waals surface area contributed by atoms with Gasteiger partial charge < -0.3 is 15.0 Å². The molecule has 1 unspecified atom stereocenters. The third-order valence-electron chi connectivity index (χ3n) is 2.88. The molecule has 0 spiro atoms. The summed E-state index contributed by atoms with van der Waals surface area (Å²) in [6, 6.07) is 5.45. The Labute approximate surface area is 126 Å². The van der Waals surface area contributed by atoms with E-state index >= 15 is 0 Å². The second-order valence-electron chi connectivity index (χ2n) is 4.86. The van der Waals surface area contributed by atoms with Gasteiger partial charge in [0.15, 0.2) is 5.82 Å². The van der Waals surface area contributed by atoms with Crippen LogP contribution in [-0.2, 0) is 4.74 Å². The molecular formula is C14H18BrN3O2. The third-order valence-corrected chi connectivity index (χ3v) is 3.74. The molecule has 6 heteroatoms. The minimum Gasteiger partial charge on any atom is -0.377 e. The van der Waals surface area contributed by atoms with E-state index in [9.17, 15) is 0 Å². The average molecular weight is 340 g/mol. The second-order valence-corrected chi connectivity index (χ2v) is 5.71. The molecule has 2 aromatic rings. The van der Waals surface area contributed by atoms with Crippen LogP contribution in [0.15, 0.2) is 27.2 Å². The SMILES string of the molecule is Cc1c(Br)cccc1-c1nc(C(N)COC(C)C)no1. The Morgan fingerprint density at radius 3 is 2.85 bits per heavy atom. The quantitative estimate of drug-likeness (QED) is 0.904. The van der Waals surface area contributed by atoms with Crippen LogP contribution in [0.2, 0.25) is 0 Å². The molecule has 0 saturated carbocycles. The summed E-state index contributed by atoms with van der Waals surface area (Å²) in [4.78, 5) is 4.36. The number of hydrogen-bond donors (Lipinski definition) is 1. The number of nitrogens with zero attached hydrogens (tertiary/aromatic N) is 2. The van der Waals surface area contributed by atoms with Crippen LogP contribution in [0, 0.1) is 6.92 Å². The lowest BCUT2D eigenvalue weighted by atomic mass is 10.1. The van der Waals surface area contributed by atoms with E-state index in [0.29, 0.717) is 18.3 Å². The van der Waals surface area contributed by atoms with Gasteiger partial charge in [-0.05, 0) is 38.5 Å². The van der Waals surface area contributed by atoms with Crippen LogP contribution in [0.1, 0.15) is 31.3 Å². The van der Waals surface area contributed by atoms with Crippen molar-refractivity contribution in [2.75, 3.05) is 6.61 Å². The van der Waals surface area contributed by atoms with Crippen LogP contribution >= 0.6 is 15.9 Å². The van der Waals surface area contributed by atoms with Crippen molar-refractivity contribution in [3.8, 4) is 11.5 Å². The monoisotopic (exact) mass is 339 g/mol. The van der Waals surface area contributed by atoms with Crippen LogP contribution in [0.5, 0.6) is 0 Å². The zero-order valence-corrected chi connectivity index (χ0v) is 13.3. The Bertz CT molecular complexity index is 584. The minimum absolute atomic E-state index is 0.125. The van der Waals surface area contributed by atoms with Gasteiger partial charge in [0, 0.05) is 10.0 Å². The number of rotatable bonds is 5. The number of halogens is 1. The normalized spacial score (nSPS) is 12.9. The first kappa shape index (κ1) is 15.2. The summed E-state index contributed by atoms with van der Waals surface area (Å²) in [5, 5.41) is 3.93. The molecule has 2 rings (SSSR count). The molecule has 20 heavy (non-hydrogen) atoms. The maximum absolute atomic E-state index is 5.98. The molecule has 0 bridgehead atoms. The molecule has 0 fully saturated rings. The number of nitrogens with two attached hydrogens (primary N) is 1. The molecular weight excluding hydrogens is 322 g/mol. The fourth-order valence-corrected chi connectivity index (χ4v) is 2.07. The third kappa shape index (κ3) is 3.45. The number of ether oxygens (including phenoxy) is 1. The van der Waals surface area contributed by atoms with E-state index in [1.54, 1.807) is 0 Å². The van der Waals surface area contributed by atoms with Gasteiger partial charge in [0.1, 0.15) is 0 Å². The zero-order chi connectivity index (χ0) is 14.7. The predicted octanol–water partition coefficient (Wildman–Crippen LogP) is 3.23. The fourth-order valence-electron chi connectivity index (χ4n) is 1.70. The van der Waals surface area contributed by atoms with Gasteiger partial charge >= 0.3 is 0 Å². The van der Waals surface area contributed by atoms with Crippen LogP contribution in [0.25, 0.3) is 11.5 Å². The molecule has 1 heterocycles. The lowest BCUT2D eigenvalue weighted by Gasteiger charge is -2.10. The van der Waals surface area contributed by atoms with Crippen molar-refractivity contribution < 1.29 is 9.26 Å². The van der Waals surface area contributed by atoms with Crippen molar-refractivity contribution in [2.24, 2.45) is 5.73 Å². The molecule has 0 saturated heterocycles. The van der Waals surface area contributed by atoms with Gasteiger partial charge in [0.2, 0.25) is 0 Å². The van der Waals surface area contributed by atoms with Gasteiger partial charge in [-0.2, -0.15) is 4.98 Å². The van der Waals surface area contributed by atoms with E-state index in [1.807, 2.05) is 39.0 Å². The van der Waals surface area contributed by atoms with Gasteiger partial charge in [-0.25, -0.2) is 0 Å². The van der Waals surface area contributed by atoms with Crippen LogP contribution < -0.4 is 5.73 Å². The minimum atomic E-state index is -0.387. The summed E-state index contributed by atoms with van der Waals surface area (Å²) >= 11 is 3.49. The van der Waals surface area contributed by atoms with Crippen molar-refractivity contribution in [3.63, 3.8) is 0 Å². The Morgan fingerprint density at radius 2 is 2.15 bits per heavy atom. The van der Waals surface area contributed by atoms with Gasteiger partial charge in [0.05, 0.1) is 18.8 Å². The number of hydrogen-bond acceptors (Lipinski definition) is 5. The van der Waals surface area contributed by atoms with Crippen LogP contribution in [0.4, 0.5) is 0 Å². The lowest BCUT2D eigenvalue weighted by Crippen LogP contribution is -2.20. The highest BCUT2D eigenvalue weighted by molar-refractivity contribution is 9.10. The molecule has 5 nitrogen and oxygen atoms in total. The van der Waals surface area contributed by atoms with Crippen molar-refractivity contribution in [1.82, 2.24) is 10.1 Å². The highest BCUT2D eigenvalue weighted by Crippen LogP contribution is 2.27. The van der Waals surface area contributed by atoms with E-state index in [2.05, 4.69) is 26.1 Å². The Hall–Kier alpha value is -1.24. The predicted molar refractivity (Wildman–Crippen MR) is 80.2 cm³/mol. The number of aromatic nitrogens is 2. The van der Waals surface area contributed by atoms with E-state index < -0.39 is 0 Å². The molecule has 108 valence electrons. The Morgan fingerprint density at radius 1 is 1.40 bits per heavy atom. The topological polar surface area (TPSA) is 74.2 Å². The maximum Gasteiger partial charge on any atom is 0.258 e. The molecule has 2 N–H and O–H groups in total. The summed E-state index contributed by atoms with van der Waals surface area (Å²) in [5.41, 5.74) is 7.93. The van der Waals surface area contributed by atoms with Crippen molar-refractivity contribution >= 4 is 15.9 Å². The Balaban J connectivity index is 2.18. The molecule has 0 aliphatic heterocycles. The molecule has 0 aliphatic rings. The summed E-state index contributed by atoms with van der Waals surface area (Å²) in [6.45, 7) is 6.28. The summed E-state index contributed by atoms with van der Waals surface area (Å²) < 4.78 is 11.8. The van der Waals surface area contributed by atoms with Gasteiger partial charge in [-0.1, -0.05) is 27.2 Å². The van der Waals surface area contributed by atoms with Crippen LogP contribution in [-0.4, -0.2) is 22.9 Å². The van der Waals surface area contributed by atoms with Gasteiger partial charge in [0.25, 0.3) is 5.89 Å². The Kier molecular flexibility index (Phi) is 4.91. The summed E-state index contributed by atoms with van der Waals surface area (Å²) in [7, 11) is 0. The highest BCUT2D eigenvalue weighted by atomic mass is 79.9. The first-order chi connectivity index (χ1) is 9.49. The van der Waals surface area contributed by atoms with Crippen LogP contribution in [0.3, 0.4) is 0 Å². The number of benzene rings is 1. The van der Waals surface area contributed by atoms with E-state index in [4.69, 9.17) is 15.0 Å². The lowest BCUT2D eigenvalue weighted by molar-refractivity contribution is 0.0665. The highest BCUT2D eigenvalue weighted by Gasteiger charge is 2.17. The van der Waals surface area contributed by atoms with Gasteiger partial charge in [-0.15, -0.1) is 0 Å². The molecule has 1 aromatic carbocycles. The standard InChI is InChI=1S/C14H18BrN3O2/c1-8(2)19-7-12(16)13-17-14(20-18-13)10-5-4-6-11(15)9(10)3/h4-6,8,12H,7,16H2,1-3H3. The van der Waals surface area contributed by atoms with Crippen molar-refractivity contribution in [2.45, 2.75) is 32.9 Å². The average Bonchev–Trinajstić information content (AvgIpc) is 2.88. The van der Waals surface area contributed by atoms with Crippen molar-refractivity contribution in [3.05, 3.63) is 34.1 Å². The maximum atomic E-state index is 5.98. The first-order valence-electron chi connectivity index (χ1n) is 6.45. The molecule has 0 aliphatic carbocycles. The smallest absolute Gasteiger partial charge is 0.258 e. The largest absolute Gasteiger partial charge is 0.377 e. The molecule has 0 amide bonds. The molecule has 0 radical (unpaired) electrons. The molecule has 1 atom stereocenters. The van der Waals surface area contributed by atoms with E-state index in [-0.39, 0.29) is 12.1 Å². The van der Waals surface area contributed by atoms with Gasteiger partial charge in [-0.3, -0.25) is 0 Å².